The summed E-state index contributed by atoms with van der Waals surface area (Å²) in [4.78, 5) is 13.8. The summed E-state index contributed by atoms with van der Waals surface area (Å²) in [6, 6.07) is 9.48. The maximum Gasteiger partial charge on any atom is 0.263 e. The Balaban J connectivity index is 1.92. The zero-order chi connectivity index (χ0) is 18.9. The van der Waals surface area contributed by atoms with Crippen molar-refractivity contribution in [3.63, 3.8) is 0 Å². The van der Waals surface area contributed by atoms with E-state index in [2.05, 4.69) is 4.72 Å². The van der Waals surface area contributed by atoms with Crippen LogP contribution in [0.15, 0.2) is 41.3 Å². The quantitative estimate of drug-likeness (QED) is 0.786. The zero-order valence-corrected chi connectivity index (χ0v) is 16.5. The van der Waals surface area contributed by atoms with Gasteiger partial charge < -0.3 is 4.90 Å². The third-order valence-electron chi connectivity index (χ3n) is 4.16. The van der Waals surface area contributed by atoms with Crippen molar-refractivity contribution in [2.75, 3.05) is 16.2 Å². The van der Waals surface area contributed by atoms with Gasteiger partial charge in [-0.2, -0.15) is 0 Å². The summed E-state index contributed by atoms with van der Waals surface area (Å²) in [5.74, 6) is 0.0957. The molecule has 0 spiro atoms. The summed E-state index contributed by atoms with van der Waals surface area (Å²) >= 11 is 11.9. The monoisotopic (exact) mass is 412 g/mol. The molecule has 5 nitrogen and oxygen atoms in total. The number of nitrogens with one attached hydrogen (secondary N) is 1. The number of amides is 1. The molecule has 0 radical (unpaired) electrons. The van der Waals surface area contributed by atoms with E-state index in [0.717, 1.165) is 17.7 Å². The van der Waals surface area contributed by atoms with Gasteiger partial charge in [-0.05, 0) is 54.8 Å². The number of carbonyl (C=O) groups is 1. The Bertz CT molecular complexity index is 961. The van der Waals surface area contributed by atoms with Gasteiger partial charge in [0.2, 0.25) is 5.91 Å². The van der Waals surface area contributed by atoms with Crippen LogP contribution in [0.4, 0.5) is 11.4 Å². The van der Waals surface area contributed by atoms with Crippen molar-refractivity contribution >= 4 is 50.5 Å². The molecule has 1 aliphatic heterocycles. The fourth-order valence-electron chi connectivity index (χ4n) is 2.99. The van der Waals surface area contributed by atoms with Gasteiger partial charge in [0.05, 0.1) is 5.02 Å². The van der Waals surface area contributed by atoms with Gasteiger partial charge in [0, 0.05) is 29.4 Å². The average Bonchev–Trinajstić information content (AvgIpc) is 2.59. The number of sulfonamides is 1. The van der Waals surface area contributed by atoms with E-state index in [1.165, 1.54) is 18.2 Å². The molecule has 2 aromatic rings. The van der Waals surface area contributed by atoms with Crippen molar-refractivity contribution in [2.45, 2.75) is 31.1 Å². The molecule has 0 saturated carbocycles. The number of fused-ring (bicyclic) bond motifs is 1. The molecule has 1 N–H and O–H groups in total. The predicted molar refractivity (Wildman–Crippen MR) is 105 cm³/mol. The van der Waals surface area contributed by atoms with Crippen molar-refractivity contribution < 1.29 is 13.2 Å². The first-order chi connectivity index (χ1) is 12.3. The van der Waals surface area contributed by atoms with E-state index in [4.69, 9.17) is 23.2 Å². The van der Waals surface area contributed by atoms with Crippen LogP contribution >= 0.6 is 23.2 Å². The molecule has 0 unspecified atom stereocenters. The minimum absolute atomic E-state index is 0.0767. The van der Waals surface area contributed by atoms with Crippen molar-refractivity contribution in [2.24, 2.45) is 0 Å². The lowest BCUT2D eigenvalue weighted by Crippen LogP contribution is -2.35. The molecule has 3 rings (SSSR count). The fourth-order valence-corrected chi connectivity index (χ4v) is 4.80. The van der Waals surface area contributed by atoms with Crippen LogP contribution in [0, 0.1) is 0 Å². The summed E-state index contributed by atoms with van der Waals surface area (Å²) in [6.07, 6.45) is 1.86. The molecular weight excluding hydrogens is 395 g/mol. The topological polar surface area (TPSA) is 66.5 Å². The van der Waals surface area contributed by atoms with E-state index in [9.17, 15) is 13.2 Å². The lowest BCUT2D eigenvalue weighted by atomic mass is 10.0. The number of carbonyl (C=O) groups excluding carboxylic acids is 1. The molecule has 0 saturated heterocycles. The van der Waals surface area contributed by atoms with Gasteiger partial charge in [-0.25, -0.2) is 8.42 Å². The van der Waals surface area contributed by atoms with Crippen LogP contribution < -0.4 is 9.62 Å². The number of benzene rings is 2. The number of nitrogens with zero attached hydrogens (tertiary/aromatic N) is 1. The zero-order valence-electron chi connectivity index (χ0n) is 14.1. The largest absolute Gasteiger partial charge is 0.312 e. The van der Waals surface area contributed by atoms with Gasteiger partial charge in [-0.1, -0.05) is 30.1 Å². The summed E-state index contributed by atoms with van der Waals surface area (Å²) in [5.41, 5.74) is 2.20. The summed E-state index contributed by atoms with van der Waals surface area (Å²) < 4.78 is 27.8. The minimum Gasteiger partial charge on any atom is -0.312 e. The Morgan fingerprint density at radius 2 is 1.88 bits per heavy atom. The van der Waals surface area contributed by atoms with Gasteiger partial charge in [-0.15, -0.1) is 0 Å². The Kier molecular flexibility index (Phi) is 5.46. The van der Waals surface area contributed by atoms with E-state index in [-0.39, 0.29) is 20.8 Å². The SMILES string of the molecule is CCCN1C(=O)CCc2cc(NS(=O)(=O)c3cc(Cl)ccc3Cl)ccc21. The van der Waals surface area contributed by atoms with Crippen LogP contribution in [0.1, 0.15) is 25.3 Å². The number of hydrogen-bond donors (Lipinski definition) is 1. The van der Waals surface area contributed by atoms with E-state index < -0.39 is 10.0 Å². The second-order valence-electron chi connectivity index (χ2n) is 6.07. The highest BCUT2D eigenvalue weighted by molar-refractivity contribution is 7.92. The molecule has 0 fully saturated rings. The molecule has 0 aromatic heterocycles. The standard InChI is InChI=1S/C18H18Cl2N2O3S/c1-2-9-22-16-7-5-14(10-12(16)3-8-18(22)23)21-26(24,25)17-11-13(19)4-6-15(17)20/h4-7,10-11,21H,2-3,8-9H2,1H3. The van der Waals surface area contributed by atoms with Crippen LogP contribution in [0.25, 0.3) is 0 Å². The molecule has 1 aliphatic rings. The Hall–Kier alpha value is -1.76. The first-order valence-electron chi connectivity index (χ1n) is 8.23. The molecule has 1 amide bonds. The van der Waals surface area contributed by atoms with Gasteiger partial charge in [0.1, 0.15) is 4.90 Å². The predicted octanol–water partition coefficient (Wildman–Crippen LogP) is 4.48. The smallest absolute Gasteiger partial charge is 0.263 e. The molecular formula is C18H18Cl2N2O3S. The van der Waals surface area contributed by atoms with Crippen molar-refractivity contribution in [1.82, 2.24) is 0 Å². The number of hydrogen-bond acceptors (Lipinski definition) is 3. The normalized spacial score (nSPS) is 14.3. The fraction of sp³-hybridized carbons (Fsp3) is 0.278. The first-order valence-corrected chi connectivity index (χ1v) is 10.5. The average molecular weight is 413 g/mol. The van der Waals surface area contributed by atoms with Crippen molar-refractivity contribution in [1.29, 1.82) is 0 Å². The highest BCUT2D eigenvalue weighted by Crippen LogP contribution is 2.32. The molecule has 8 heteroatoms. The van der Waals surface area contributed by atoms with Crippen molar-refractivity contribution in [3.05, 3.63) is 52.0 Å². The van der Waals surface area contributed by atoms with E-state index in [1.807, 2.05) is 6.92 Å². The maximum atomic E-state index is 12.6. The number of rotatable bonds is 5. The Morgan fingerprint density at radius 1 is 1.12 bits per heavy atom. The number of aryl methyl sites for hydroxylation is 1. The summed E-state index contributed by atoms with van der Waals surface area (Å²) in [6.45, 7) is 2.66. The second-order valence-corrected chi connectivity index (χ2v) is 8.56. The molecule has 0 bridgehead atoms. The Morgan fingerprint density at radius 3 is 2.62 bits per heavy atom. The molecule has 26 heavy (non-hydrogen) atoms. The van der Waals surface area contributed by atoms with Crippen molar-refractivity contribution in [3.8, 4) is 0 Å². The van der Waals surface area contributed by atoms with Gasteiger partial charge in [-0.3, -0.25) is 9.52 Å². The van der Waals surface area contributed by atoms with E-state index in [1.54, 1.807) is 23.1 Å². The van der Waals surface area contributed by atoms with Crippen LogP contribution in [0.2, 0.25) is 10.0 Å². The third-order valence-corrected chi connectivity index (χ3v) is 6.26. The van der Waals surface area contributed by atoms with E-state index >= 15 is 0 Å². The van der Waals surface area contributed by atoms with Crippen LogP contribution in [-0.2, 0) is 21.2 Å². The van der Waals surface area contributed by atoms with Gasteiger partial charge in [0.25, 0.3) is 10.0 Å². The lowest BCUT2D eigenvalue weighted by molar-refractivity contribution is -0.118. The van der Waals surface area contributed by atoms with Gasteiger partial charge in [0.15, 0.2) is 0 Å². The van der Waals surface area contributed by atoms with E-state index in [0.29, 0.717) is 25.1 Å². The molecule has 0 aliphatic carbocycles. The maximum absolute atomic E-state index is 12.6. The lowest BCUT2D eigenvalue weighted by Gasteiger charge is -2.29. The number of halogens is 2. The molecule has 0 atom stereocenters. The molecule has 2 aromatic carbocycles. The third kappa shape index (κ3) is 3.82. The second kappa shape index (κ2) is 7.47. The highest BCUT2D eigenvalue weighted by atomic mass is 35.5. The van der Waals surface area contributed by atoms with Crippen LogP contribution in [0.5, 0.6) is 0 Å². The molecule has 138 valence electrons. The van der Waals surface area contributed by atoms with Crippen LogP contribution in [0.3, 0.4) is 0 Å². The highest BCUT2D eigenvalue weighted by Gasteiger charge is 2.25. The first kappa shape index (κ1) is 19.0. The molecule has 1 heterocycles. The minimum atomic E-state index is -3.87. The van der Waals surface area contributed by atoms with Crippen LogP contribution in [-0.4, -0.2) is 20.9 Å². The Labute approximate surface area is 163 Å². The summed E-state index contributed by atoms with van der Waals surface area (Å²) in [5, 5.41) is 0.383. The summed E-state index contributed by atoms with van der Waals surface area (Å²) in [7, 11) is -3.87. The number of anilines is 2. The van der Waals surface area contributed by atoms with Gasteiger partial charge >= 0.3 is 0 Å².